The monoisotopic (exact) mass is 261 g/mol. The van der Waals surface area contributed by atoms with E-state index in [-0.39, 0.29) is 5.91 Å². The van der Waals surface area contributed by atoms with E-state index in [2.05, 4.69) is 6.92 Å². The van der Waals surface area contributed by atoms with E-state index in [0.29, 0.717) is 24.9 Å². The van der Waals surface area contributed by atoms with Crippen LogP contribution < -0.4 is 0 Å². The molecule has 1 atom stereocenters. The van der Waals surface area contributed by atoms with Crippen LogP contribution >= 0.6 is 11.6 Å². The van der Waals surface area contributed by atoms with Gasteiger partial charge in [-0.3, -0.25) is 4.79 Å². The minimum atomic E-state index is 0.224. The van der Waals surface area contributed by atoms with Crippen LogP contribution in [0.2, 0.25) is 0 Å². The van der Waals surface area contributed by atoms with Crippen LogP contribution in [-0.2, 0) is 9.53 Å². The number of rotatable bonds is 7. The zero-order valence-electron chi connectivity index (χ0n) is 10.8. The molecule has 100 valence electrons. The lowest BCUT2D eigenvalue weighted by molar-refractivity contribution is -0.132. The van der Waals surface area contributed by atoms with Crippen molar-refractivity contribution in [3.63, 3.8) is 0 Å². The van der Waals surface area contributed by atoms with Crippen molar-refractivity contribution in [3.05, 3.63) is 0 Å². The van der Waals surface area contributed by atoms with Crippen molar-refractivity contribution in [1.29, 1.82) is 0 Å². The topological polar surface area (TPSA) is 29.5 Å². The van der Waals surface area contributed by atoms with E-state index in [1.807, 2.05) is 4.90 Å². The molecule has 1 saturated heterocycles. The minimum Gasteiger partial charge on any atom is -0.378 e. The van der Waals surface area contributed by atoms with Crippen LogP contribution in [0.3, 0.4) is 0 Å². The molecule has 1 amide bonds. The molecule has 0 aromatic heterocycles. The first kappa shape index (κ1) is 14.8. The number of ether oxygens (including phenoxy) is 1. The number of carbonyl (C=O) groups excluding carboxylic acids is 1. The van der Waals surface area contributed by atoms with E-state index in [1.54, 1.807) is 0 Å². The van der Waals surface area contributed by atoms with E-state index in [9.17, 15) is 4.79 Å². The van der Waals surface area contributed by atoms with E-state index >= 15 is 0 Å². The lowest BCUT2D eigenvalue weighted by Crippen LogP contribution is -2.34. The molecule has 0 aromatic carbocycles. The van der Waals surface area contributed by atoms with Gasteiger partial charge in [0, 0.05) is 32.0 Å². The zero-order chi connectivity index (χ0) is 12.5. The van der Waals surface area contributed by atoms with Gasteiger partial charge in [-0.2, -0.15) is 0 Å². The molecule has 0 spiro atoms. The van der Waals surface area contributed by atoms with E-state index < -0.39 is 0 Å². The molecular weight excluding hydrogens is 238 g/mol. The second-order valence-corrected chi connectivity index (χ2v) is 4.97. The highest BCUT2D eigenvalue weighted by Crippen LogP contribution is 2.17. The first-order valence-electron chi connectivity index (χ1n) is 6.73. The van der Waals surface area contributed by atoms with Crippen LogP contribution in [0.1, 0.15) is 45.4 Å². The van der Waals surface area contributed by atoms with Crippen LogP contribution in [0.4, 0.5) is 0 Å². The SMILES string of the molecule is CCCN(CCCl)C(=O)CCC1CCCCO1. The van der Waals surface area contributed by atoms with Crippen LogP contribution in [0.5, 0.6) is 0 Å². The van der Waals surface area contributed by atoms with Crippen molar-refractivity contribution >= 4 is 17.5 Å². The van der Waals surface area contributed by atoms with Crippen LogP contribution in [0, 0.1) is 0 Å². The third-order valence-electron chi connectivity index (χ3n) is 3.15. The summed E-state index contributed by atoms with van der Waals surface area (Å²) in [7, 11) is 0. The maximum atomic E-state index is 12.0. The van der Waals surface area contributed by atoms with Gasteiger partial charge < -0.3 is 9.64 Å². The molecule has 0 bridgehead atoms. The van der Waals surface area contributed by atoms with Crippen molar-refractivity contribution < 1.29 is 9.53 Å². The summed E-state index contributed by atoms with van der Waals surface area (Å²) in [4.78, 5) is 13.8. The van der Waals surface area contributed by atoms with Gasteiger partial charge in [-0.25, -0.2) is 0 Å². The van der Waals surface area contributed by atoms with Gasteiger partial charge in [0.1, 0.15) is 0 Å². The van der Waals surface area contributed by atoms with Crippen molar-refractivity contribution in [2.45, 2.75) is 51.6 Å². The molecule has 1 rings (SSSR count). The fourth-order valence-electron chi connectivity index (χ4n) is 2.21. The Bertz CT molecular complexity index is 211. The molecule has 1 unspecified atom stereocenters. The average molecular weight is 262 g/mol. The number of hydrogen-bond acceptors (Lipinski definition) is 2. The summed E-state index contributed by atoms with van der Waals surface area (Å²) in [6.45, 7) is 4.43. The predicted molar refractivity (Wildman–Crippen MR) is 70.4 cm³/mol. The van der Waals surface area contributed by atoms with Gasteiger partial charge in [0.15, 0.2) is 0 Å². The fourth-order valence-corrected chi connectivity index (χ4v) is 2.41. The van der Waals surface area contributed by atoms with Gasteiger partial charge in [-0.15, -0.1) is 11.6 Å². The molecule has 0 N–H and O–H groups in total. The fraction of sp³-hybridized carbons (Fsp3) is 0.923. The molecule has 3 nitrogen and oxygen atoms in total. The summed E-state index contributed by atoms with van der Waals surface area (Å²) in [5.74, 6) is 0.743. The van der Waals surface area contributed by atoms with Crippen molar-refractivity contribution in [1.82, 2.24) is 4.90 Å². The Morgan fingerprint density at radius 3 is 2.82 bits per heavy atom. The zero-order valence-corrected chi connectivity index (χ0v) is 11.5. The molecule has 1 fully saturated rings. The maximum Gasteiger partial charge on any atom is 0.222 e. The highest BCUT2D eigenvalue weighted by molar-refractivity contribution is 6.18. The molecule has 0 aliphatic carbocycles. The molecule has 0 radical (unpaired) electrons. The Hall–Kier alpha value is -0.280. The first-order valence-corrected chi connectivity index (χ1v) is 7.26. The van der Waals surface area contributed by atoms with Gasteiger partial charge in [-0.1, -0.05) is 6.92 Å². The second-order valence-electron chi connectivity index (χ2n) is 4.60. The summed E-state index contributed by atoms with van der Waals surface area (Å²) in [6, 6.07) is 0. The quantitative estimate of drug-likeness (QED) is 0.660. The molecule has 1 heterocycles. The molecule has 4 heteroatoms. The lowest BCUT2D eigenvalue weighted by Gasteiger charge is -2.25. The maximum absolute atomic E-state index is 12.0. The molecule has 0 aromatic rings. The molecule has 0 saturated carbocycles. The summed E-state index contributed by atoms with van der Waals surface area (Å²) in [5, 5.41) is 0. The number of hydrogen-bond donors (Lipinski definition) is 0. The van der Waals surface area contributed by atoms with Gasteiger partial charge in [-0.05, 0) is 32.1 Å². The van der Waals surface area contributed by atoms with E-state index in [1.165, 1.54) is 12.8 Å². The Balaban J connectivity index is 2.25. The smallest absolute Gasteiger partial charge is 0.222 e. The first-order chi connectivity index (χ1) is 8.27. The summed E-state index contributed by atoms with van der Waals surface area (Å²) in [5.41, 5.74) is 0. The number of alkyl halides is 1. The molecular formula is C13H24ClNO2. The Kier molecular flexibility index (Phi) is 7.62. The van der Waals surface area contributed by atoms with E-state index in [0.717, 1.165) is 32.4 Å². The van der Waals surface area contributed by atoms with Crippen LogP contribution in [0.25, 0.3) is 0 Å². The van der Waals surface area contributed by atoms with Gasteiger partial charge in [0.2, 0.25) is 5.91 Å². The van der Waals surface area contributed by atoms with E-state index in [4.69, 9.17) is 16.3 Å². The minimum absolute atomic E-state index is 0.224. The molecule has 17 heavy (non-hydrogen) atoms. The number of amides is 1. The average Bonchev–Trinajstić information content (AvgIpc) is 2.37. The van der Waals surface area contributed by atoms with Crippen molar-refractivity contribution in [2.75, 3.05) is 25.6 Å². The predicted octanol–water partition coefficient (Wildman–Crippen LogP) is 2.81. The highest BCUT2D eigenvalue weighted by Gasteiger charge is 2.17. The third-order valence-corrected chi connectivity index (χ3v) is 3.32. The number of nitrogens with zero attached hydrogens (tertiary/aromatic N) is 1. The van der Waals surface area contributed by atoms with Crippen molar-refractivity contribution in [2.24, 2.45) is 0 Å². The normalized spacial score (nSPS) is 20.2. The third kappa shape index (κ3) is 5.73. The Labute approximate surface area is 109 Å². The standard InChI is InChI=1S/C13H24ClNO2/c1-2-9-15(10-8-14)13(16)7-6-12-5-3-4-11-17-12/h12H,2-11H2,1H3. The number of halogens is 1. The van der Waals surface area contributed by atoms with Crippen LogP contribution in [0.15, 0.2) is 0 Å². The summed E-state index contributed by atoms with van der Waals surface area (Å²) >= 11 is 5.71. The van der Waals surface area contributed by atoms with Gasteiger partial charge in [0.05, 0.1) is 6.10 Å². The molecule has 1 aliphatic heterocycles. The van der Waals surface area contributed by atoms with Crippen molar-refractivity contribution in [3.8, 4) is 0 Å². The largest absolute Gasteiger partial charge is 0.378 e. The highest BCUT2D eigenvalue weighted by atomic mass is 35.5. The lowest BCUT2D eigenvalue weighted by atomic mass is 10.0. The van der Waals surface area contributed by atoms with Gasteiger partial charge in [0.25, 0.3) is 0 Å². The second kappa shape index (κ2) is 8.76. The Morgan fingerprint density at radius 1 is 1.41 bits per heavy atom. The van der Waals surface area contributed by atoms with Crippen LogP contribution in [-0.4, -0.2) is 42.5 Å². The molecule has 1 aliphatic rings. The summed E-state index contributed by atoms with van der Waals surface area (Å²) in [6.07, 6.45) is 6.26. The number of carbonyl (C=O) groups is 1. The summed E-state index contributed by atoms with van der Waals surface area (Å²) < 4.78 is 5.63. The Morgan fingerprint density at radius 2 is 2.24 bits per heavy atom. The van der Waals surface area contributed by atoms with Gasteiger partial charge >= 0.3 is 0 Å².